The Labute approximate surface area is 275 Å². The highest BCUT2D eigenvalue weighted by molar-refractivity contribution is 7.85. The summed E-state index contributed by atoms with van der Waals surface area (Å²) < 4.78 is 121. The quantitative estimate of drug-likeness (QED) is 0.301. The molecular weight excluding hydrogens is 673 g/mol. The highest BCUT2D eigenvalue weighted by atomic mass is 32.2. The molecule has 2 heterocycles. The first-order chi connectivity index (χ1) is 22.0. The van der Waals surface area contributed by atoms with Crippen LogP contribution < -0.4 is 0 Å². The van der Waals surface area contributed by atoms with E-state index in [-0.39, 0.29) is 30.1 Å². The predicted molar refractivity (Wildman–Crippen MR) is 163 cm³/mol. The number of urea groups is 1. The van der Waals surface area contributed by atoms with Crippen LogP contribution in [0.15, 0.2) is 36.4 Å². The molecule has 2 aromatic carbocycles. The van der Waals surface area contributed by atoms with Crippen LogP contribution in [0.1, 0.15) is 66.6 Å². The summed E-state index contributed by atoms with van der Waals surface area (Å²) in [5.74, 6) is -0.442. The maximum absolute atomic E-state index is 14.0. The summed E-state index contributed by atoms with van der Waals surface area (Å²) in [6.07, 6.45) is -8.25. The van der Waals surface area contributed by atoms with E-state index in [0.717, 1.165) is 4.90 Å². The molecule has 3 amide bonds. The van der Waals surface area contributed by atoms with Crippen molar-refractivity contribution in [3.8, 4) is 0 Å². The smallest absolute Gasteiger partial charge is 0.340 e. The van der Waals surface area contributed by atoms with Crippen LogP contribution in [0.3, 0.4) is 0 Å². The highest BCUT2D eigenvalue weighted by Crippen LogP contribution is 2.40. The van der Waals surface area contributed by atoms with Crippen LogP contribution in [0.25, 0.3) is 0 Å². The molecule has 0 aliphatic carbocycles. The second-order valence-corrected chi connectivity index (χ2v) is 13.5. The summed E-state index contributed by atoms with van der Waals surface area (Å²) in [5, 5.41) is 0. The van der Waals surface area contributed by atoms with Gasteiger partial charge in [-0.1, -0.05) is 6.07 Å². The molecule has 2 aliphatic rings. The van der Waals surface area contributed by atoms with Crippen LogP contribution in [0, 0.1) is 12.7 Å². The number of hydrogen-bond donors (Lipinski definition) is 1. The van der Waals surface area contributed by atoms with E-state index in [0.29, 0.717) is 68.5 Å². The van der Waals surface area contributed by atoms with Crippen molar-refractivity contribution in [1.29, 1.82) is 0 Å². The lowest BCUT2D eigenvalue weighted by atomic mass is 9.88. The number of nitrogens with zero attached hydrogens (tertiary/aromatic N) is 4. The number of amides is 3. The molecule has 17 heteroatoms. The maximum atomic E-state index is 14.0. The fraction of sp³-hybridized carbons (Fsp3) is 0.548. The summed E-state index contributed by atoms with van der Waals surface area (Å²) in [5.41, 5.74) is -1.87. The number of rotatable bonds is 4. The topological polar surface area (TPSA) is 101 Å². The standard InChI is InChI=1S/C30H35F7N4O2.CH4O3S/c1-18-13-24(31)5-6-26(18)27-17-25(40-11-9-39(10-12-40)20(3)42)7-8-41(27)28(43)38(4)19(2)21-14-22(29(32,33)34)16-23(15-21)30(35,36)37;1-5(2,3)4/h5-6,13-16,19,25,27H,7-12,17H2,1-4H3;1H3,(H,2,3,4)/t19-,25+,27-;/m0./s1. The number of halogens is 7. The van der Waals surface area contributed by atoms with Crippen LogP contribution >= 0.6 is 0 Å². The molecule has 0 saturated carbocycles. The molecule has 3 atom stereocenters. The minimum Gasteiger partial charge on any atom is -0.340 e. The zero-order chi connectivity index (χ0) is 36.4. The first kappa shape index (κ1) is 39.0. The predicted octanol–water partition coefficient (Wildman–Crippen LogP) is 6.16. The zero-order valence-electron chi connectivity index (χ0n) is 27.1. The summed E-state index contributed by atoms with van der Waals surface area (Å²) >= 11 is 0. The molecule has 0 radical (unpaired) electrons. The Morgan fingerprint density at radius 1 is 0.938 bits per heavy atom. The zero-order valence-corrected chi connectivity index (χ0v) is 27.9. The number of likely N-dealkylation sites (tertiary alicyclic amines) is 1. The molecule has 2 aromatic rings. The third-order valence-corrected chi connectivity index (χ3v) is 8.66. The lowest BCUT2D eigenvalue weighted by Gasteiger charge is -2.47. The number of benzene rings is 2. The number of hydrogen-bond acceptors (Lipinski definition) is 5. The van der Waals surface area contributed by atoms with Crippen LogP contribution in [-0.2, 0) is 27.3 Å². The van der Waals surface area contributed by atoms with Gasteiger partial charge in [0.25, 0.3) is 10.1 Å². The van der Waals surface area contributed by atoms with Crippen molar-refractivity contribution in [2.75, 3.05) is 46.0 Å². The van der Waals surface area contributed by atoms with E-state index in [2.05, 4.69) is 4.90 Å². The number of carbonyl (C=O) groups excluding carboxylic acids is 2. The average molecular weight is 713 g/mol. The van der Waals surface area contributed by atoms with Gasteiger partial charge >= 0.3 is 18.4 Å². The Morgan fingerprint density at radius 2 is 1.46 bits per heavy atom. The van der Waals surface area contributed by atoms with Crippen LogP contribution in [0.4, 0.5) is 35.5 Å². The van der Waals surface area contributed by atoms with Gasteiger partial charge in [-0.15, -0.1) is 0 Å². The van der Waals surface area contributed by atoms with Gasteiger partial charge < -0.3 is 14.7 Å². The van der Waals surface area contributed by atoms with E-state index < -0.39 is 57.5 Å². The number of piperidine rings is 1. The van der Waals surface area contributed by atoms with Crippen molar-refractivity contribution in [2.45, 2.75) is 64.1 Å². The maximum Gasteiger partial charge on any atom is 0.416 e. The van der Waals surface area contributed by atoms with E-state index >= 15 is 0 Å². The molecule has 0 bridgehead atoms. The minimum atomic E-state index is -5.01. The monoisotopic (exact) mass is 712 g/mol. The van der Waals surface area contributed by atoms with Gasteiger partial charge in [0.1, 0.15) is 5.82 Å². The van der Waals surface area contributed by atoms with E-state index in [1.165, 1.54) is 33.0 Å². The molecule has 1 N–H and O–H groups in total. The third kappa shape index (κ3) is 10.3. The molecule has 0 unspecified atom stereocenters. The number of alkyl halides is 6. The lowest BCUT2D eigenvalue weighted by molar-refractivity contribution is -0.143. The van der Waals surface area contributed by atoms with Gasteiger partial charge in [0.15, 0.2) is 0 Å². The molecule has 2 aliphatic heterocycles. The van der Waals surface area contributed by atoms with Gasteiger partial charge in [0.2, 0.25) is 5.91 Å². The van der Waals surface area contributed by atoms with Crippen molar-refractivity contribution in [1.82, 2.24) is 19.6 Å². The van der Waals surface area contributed by atoms with Crippen molar-refractivity contribution in [3.63, 3.8) is 0 Å². The first-order valence-corrected chi connectivity index (χ1v) is 16.8. The van der Waals surface area contributed by atoms with E-state index in [4.69, 9.17) is 4.55 Å². The number of piperazine rings is 1. The van der Waals surface area contributed by atoms with Gasteiger partial charge in [0.05, 0.1) is 29.5 Å². The molecule has 48 heavy (non-hydrogen) atoms. The Morgan fingerprint density at radius 3 is 1.92 bits per heavy atom. The lowest BCUT2D eigenvalue weighted by Crippen LogP contribution is -2.56. The van der Waals surface area contributed by atoms with Crippen LogP contribution in [-0.4, -0.2) is 96.6 Å². The fourth-order valence-corrected chi connectivity index (χ4v) is 6.03. The van der Waals surface area contributed by atoms with E-state index in [1.54, 1.807) is 22.8 Å². The van der Waals surface area contributed by atoms with Gasteiger partial charge in [-0.3, -0.25) is 14.2 Å². The van der Waals surface area contributed by atoms with Crippen molar-refractivity contribution >= 4 is 22.1 Å². The average Bonchev–Trinajstić information content (AvgIpc) is 2.98. The van der Waals surface area contributed by atoms with Gasteiger partial charge in [0, 0.05) is 52.7 Å². The second-order valence-electron chi connectivity index (χ2n) is 12.1. The molecule has 0 spiro atoms. The normalized spacial score (nSPS) is 20.1. The first-order valence-electron chi connectivity index (χ1n) is 15.0. The van der Waals surface area contributed by atoms with Crippen molar-refractivity contribution < 1.29 is 53.3 Å². The molecule has 9 nitrogen and oxygen atoms in total. The van der Waals surface area contributed by atoms with Gasteiger partial charge in [-0.05, 0) is 73.7 Å². The Bertz CT molecular complexity index is 1540. The molecular formula is C31H39F7N4O5S. The highest BCUT2D eigenvalue weighted by Gasteiger charge is 2.40. The second kappa shape index (κ2) is 15.0. The van der Waals surface area contributed by atoms with Crippen molar-refractivity contribution in [3.05, 3.63) is 70.0 Å². The van der Waals surface area contributed by atoms with Crippen LogP contribution in [0.5, 0.6) is 0 Å². The molecule has 4 rings (SSSR count). The Hall–Kier alpha value is -3.44. The van der Waals surface area contributed by atoms with E-state index in [9.17, 15) is 48.7 Å². The van der Waals surface area contributed by atoms with Gasteiger partial charge in [-0.2, -0.15) is 34.8 Å². The van der Waals surface area contributed by atoms with Crippen LogP contribution in [0.2, 0.25) is 0 Å². The summed E-state index contributed by atoms with van der Waals surface area (Å²) in [6, 6.07) is 3.46. The SMILES string of the molecule is CC(=O)N1CCN([C@@H]2CCN(C(=O)N(C)[C@@H](C)c3cc(C(F)(F)F)cc(C(F)(F)F)c3)[C@H](c3ccc(F)cc3C)C2)CC1.CS(=O)(=O)O. The molecule has 268 valence electrons. The minimum absolute atomic E-state index is 0.000149. The third-order valence-electron chi connectivity index (χ3n) is 8.66. The number of aryl methyl sites for hydroxylation is 1. The van der Waals surface area contributed by atoms with E-state index in [1.807, 2.05) is 0 Å². The summed E-state index contributed by atoms with van der Waals surface area (Å²) in [6.45, 7) is 7.36. The summed E-state index contributed by atoms with van der Waals surface area (Å²) in [4.78, 5) is 32.4. The number of carbonyl (C=O) groups is 2. The Balaban J connectivity index is 0.00000116. The molecule has 0 aromatic heterocycles. The summed E-state index contributed by atoms with van der Waals surface area (Å²) in [7, 11) is -2.32. The molecule has 2 fully saturated rings. The van der Waals surface area contributed by atoms with Gasteiger partial charge in [-0.25, -0.2) is 9.18 Å². The van der Waals surface area contributed by atoms with Crippen molar-refractivity contribution in [2.24, 2.45) is 0 Å². The largest absolute Gasteiger partial charge is 0.416 e. The fourth-order valence-electron chi connectivity index (χ4n) is 6.03. The Kier molecular flexibility index (Phi) is 12.2. The molecule has 2 saturated heterocycles.